The minimum atomic E-state index is -0.761. The van der Waals surface area contributed by atoms with Crippen molar-refractivity contribution in [2.45, 2.75) is 32.2 Å². The highest BCUT2D eigenvalue weighted by Gasteiger charge is 2.15. The lowest BCUT2D eigenvalue weighted by atomic mass is 10.2. The molecule has 0 aliphatic rings. The number of carboxylic acid groups (broad SMARTS) is 1. The number of hydrogen-bond acceptors (Lipinski definition) is 3. The smallest absolute Gasteiger partial charge is 0.321 e. The second-order valence-electron chi connectivity index (χ2n) is 3.38. The van der Waals surface area contributed by atoms with Crippen LogP contribution in [-0.2, 0) is 4.79 Å². The molecule has 15 heavy (non-hydrogen) atoms. The lowest BCUT2D eigenvalue weighted by Gasteiger charge is -2.13. The topological polar surface area (TPSA) is 49.3 Å². The molecule has 0 fully saturated rings. The summed E-state index contributed by atoms with van der Waals surface area (Å²) in [6, 6.07) is -0.424. The Morgan fingerprint density at radius 3 is 2.87 bits per heavy atom. The molecule has 0 saturated heterocycles. The molecular weight excluding hydrogens is 210 g/mol. The van der Waals surface area contributed by atoms with Gasteiger partial charge in [0.15, 0.2) is 0 Å². The van der Waals surface area contributed by atoms with Crippen LogP contribution in [0.15, 0.2) is 12.7 Å². The third-order valence-electron chi connectivity index (χ3n) is 1.99. The standard InChI is InChI=1S/C11H21NO2S/c1-3-5-6-7-12-10(11(13)14)9-15-8-4-2/h4,10,12H,2-3,5-9H2,1H3,(H,13,14). The zero-order valence-electron chi connectivity index (χ0n) is 9.37. The lowest BCUT2D eigenvalue weighted by molar-refractivity contribution is -0.138. The van der Waals surface area contributed by atoms with Crippen LogP contribution in [0, 0.1) is 0 Å². The monoisotopic (exact) mass is 231 g/mol. The SMILES string of the molecule is C=CCSCC(NCCCCC)C(=O)O. The van der Waals surface area contributed by atoms with Gasteiger partial charge < -0.3 is 10.4 Å². The van der Waals surface area contributed by atoms with Gasteiger partial charge in [-0.2, -0.15) is 11.8 Å². The number of unbranched alkanes of at least 4 members (excludes halogenated alkanes) is 2. The number of carboxylic acids is 1. The van der Waals surface area contributed by atoms with Crippen molar-refractivity contribution < 1.29 is 9.90 Å². The van der Waals surface area contributed by atoms with Gasteiger partial charge in [-0.15, -0.1) is 6.58 Å². The van der Waals surface area contributed by atoms with Crippen molar-refractivity contribution in [3.05, 3.63) is 12.7 Å². The summed E-state index contributed by atoms with van der Waals surface area (Å²) in [6.07, 6.45) is 5.15. The van der Waals surface area contributed by atoms with Crippen molar-refractivity contribution >= 4 is 17.7 Å². The maximum atomic E-state index is 10.9. The molecule has 4 heteroatoms. The summed E-state index contributed by atoms with van der Waals surface area (Å²) in [6.45, 7) is 6.52. The first-order valence-corrected chi connectivity index (χ1v) is 6.52. The number of hydrogen-bond donors (Lipinski definition) is 2. The van der Waals surface area contributed by atoms with Crippen LogP contribution in [0.3, 0.4) is 0 Å². The highest BCUT2D eigenvalue weighted by molar-refractivity contribution is 7.99. The van der Waals surface area contributed by atoms with Crippen LogP contribution in [0.2, 0.25) is 0 Å². The number of carbonyl (C=O) groups is 1. The molecule has 2 N–H and O–H groups in total. The van der Waals surface area contributed by atoms with Crippen molar-refractivity contribution in [3.63, 3.8) is 0 Å². The third kappa shape index (κ3) is 8.51. The van der Waals surface area contributed by atoms with Gasteiger partial charge in [0.25, 0.3) is 0 Å². The molecule has 1 atom stereocenters. The Morgan fingerprint density at radius 2 is 2.33 bits per heavy atom. The quantitative estimate of drug-likeness (QED) is 0.447. The number of nitrogens with one attached hydrogen (secondary N) is 1. The van der Waals surface area contributed by atoms with Gasteiger partial charge in [-0.05, 0) is 13.0 Å². The number of rotatable bonds is 10. The molecule has 0 heterocycles. The van der Waals surface area contributed by atoms with Gasteiger partial charge in [0.2, 0.25) is 0 Å². The van der Waals surface area contributed by atoms with Crippen molar-refractivity contribution in [3.8, 4) is 0 Å². The summed E-state index contributed by atoms with van der Waals surface area (Å²) in [4.78, 5) is 10.9. The van der Waals surface area contributed by atoms with E-state index in [0.29, 0.717) is 5.75 Å². The molecule has 3 nitrogen and oxygen atoms in total. The molecule has 0 radical (unpaired) electrons. The Labute approximate surface area is 96.3 Å². The van der Waals surface area contributed by atoms with Crippen molar-refractivity contribution in [1.29, 1.82) is 0 Å². The number of aliphatic carboxylic acids is 1. The molecule has 0 amide bonds. The van der Waals surface area contributed by atoms with E-state index in [1.165, 1.54) is 0 Å². The zero-order chi connectivity index (χ0) is 11.5. The van der Waals surface area contributed by atoms with E-state index in [9.17, 15) is 4.79 Å². The van der Waals surface area contributed by atoms with Crippen LogP contribution in [-0.4, -0.2) is 35.2 Å². The lowest BCUT2D eigenvalue weighted by Crippen LogP contribution is -2.39. The summed E-state index contributed by atoms with van der Waals surface area (Å²) >= 11 is 1.59. The first kappa shape index (κ1) is 14.5. The fraction of sp³-hybridized carbons (Fsp3) is 0.727. The first-order chi connectivity index (χ1) is 7.22. The molecule has 0 aromatic carbocycles. The minimum Gasteiger partial charge on any atom is -0.480 e. The maximum absolute atomic E-state index is 10.9. The van der Waals surface area contributed by atoms with Crippen LogP contribution in [0.25, 0.3) is 0 Å². The summed E-state index contributed by atoms with van der Waals surface area (Å²) in [5.74, 6) is 0.650. The molecule has 0 saturated carbocycles. The Kier molecular flexibility index (Phi) is 9.73. The van der Waals surface area contributed by atoms with Gasteiger partial charge in [-0.25, -0.2) is 0 Å². The zero-order valence-corrected chi connectivity index (χ0v) is 10.2. The molecule has 0 aromatic heterocycles. The van der Waals surface area contributed by atoms with E-state index in [1.54, 1.807) is 17.8 Å². The molecule has 0 bridgehead atoms. The average molecular weight is 231 g/mol. The molecule has 0 aliphatic carbocycles. The molecule has 0 rings (SSSR count). The molecule has 1 unspecified atom stereocenters. The predicted molar refractivity (Wildman–Crippen MR) is 66.5 cm³/mol. The fourth-order valence-electron chi connectivity index (χ4n) is 1.14. The summed E-state index contributed by atoms with van der Waals surface area (Å²) in [5, 5.41) is 12.0. The Morgan fingerprint density at radius 1 is 1.60 bits per heavy atom. The van der Waals surface area contributed by atoms with E-state index in [2.05, 4.69) is 18.8 Å². The van der Waals surface area contributed by atoms with E-state index in [-0.39, 0.29) is 0 Å². The van der Waals surface area contributed by atoms with Gasteiger partial charge in [0, 0.05) is 11.5 Å². The number of thioether (sulfide) groups is 1. The molecule has 0 aliphatic heterocycles. The van der Waals surface area contributed by atoms with Crippen molar-refractivity contribution in [2.75, 3.05) is 18.1 Å². The Hall–Kier alpha value is -0.480. The van der Waals surface area contributed by atoms with Crippen LogP contribution in [0.4, 0.5) is 0 Å². The average Bonchev–Trinajstić information content (AvgIpc) is 2.21. The van der Waals surface area contributed by atoms with Crippen molar-refractivity contribution in [1.82, 2.24) is 5.32 Å². The van der Waals surface area contributed by atoms with Gasteiger partial charge in [0.05, 0.1) is 0 Å². The van der Waals surface area contributed by atoms with Crippen LogP contribution in [0.1, 0.15) is 26.2 Å². The summed E-state index contributed by atoms with van der Waals surface area (Å²) in [5.41, 5.74) is 0. The summed E-state index contributed by atoms with van der Waals surface area (Å²) < 4.78 is 0. The van der Waals surface area contributed by atoms with Crippen LogP contribution >= 0.6 is 11.8 Å². The normalized spacial score (nSPS) is 12.3. The fourth-order valence-corrected chi connectivity index (χ4v) is 1.94. The molecule has 0 aromatic rings. The van der Waals surface area contributed by atoms with Gasteiger partial charge in [0.1, 0.15) is 6.04 Å². The minimum absolute atomic E-state index is 0.424. The van der Waals surface area contributed by atoms with E-state index in [4.69, 9.17) is 5.11 Å². The Bertz CT molecular complexity index is 185. The van der Waals surface area contributed by atoms with Crippen LogP contribution in [0.5, 0.6) is 0 Å². The second kappa shape index (κ2) is 10.1. The van der Waals surface area contributed by atoms with E-state index < -0.39 is 12.0 Å². The van der Waals surface area contributed by atoms with Gasteiger partial charge >= 0.3 is 5.97 Å². The Balaban J connectivity index is 3.63. The van der Waals surface area contributed by atoms with E-state index in [1.807, 2.05) is 0 Å². The van der Waals surface area contributed by atoms with E-state index in [0.717, 1.165) is 31.6 Å². The third-order valence-corrected chi connectivity index (χ3v) is 3.03. The molecule has 0 spiro atoms. The maximum Gasteiger partial charge on any atom is 0.321 e. The first-order valence-electron chi connectivity index (χ1n) is 5.37. The van der Waals surface area contributed by atoms with E-state index >= 15 is 0 Å². The molecule has 88 valence electrons. The highest BCUT2D eigenvalue weighted by Crippen LogP contribution is 2.03. The van der Waals surface area contributed by atoms with Crippen molar-refractivity contribution in [2.24, 2.45) is 0 Å². The highest BCUT2D eigenvalue weighted by atomic mass is 32.2. The predicted octanol–water partition coefficient (Wildman–Crippen LogP) is 2.14. The molecular formula is C11H21NO2S. The summed E-state index contributed by atoms with van der Waals surface area (Å²) in [7, 11) is 0. The largest absolute Gasteiger partial charge is 0.480 e. The van der Waals surface area contributed by atoms with Gasteiger partial charge in [-0.3, -0.25) is 4.79 Å². The second-order valence-corrected chi connectivity index (χ2v) is 4.45. The van der Waals surface area contributed by atoms with Gasteiger partial charge in [-0.1, -0.05) is 25.8 Å². The van der Waals surface area contributed by atoms with Crippen LogP contribution < -0.4 is 5.32 Å².